The summed E-state index contributed by atoms with van der Waals surface area (Å²) in [6, 6.07) is 19.9. The number of hydrogen-bond acceptors (Lipinski definition) is 1. The zero-order valence-corrected chi connectivity index (χ0v) is 11.9. The Bertz CT molecular complexity index is 488. The van der Waals surface area contributed by atoms with E-state index in [0.29, 0.717) is 0 Å². The van der Waals surface area contributed by atoms with Crippen molar-refractivity contribution in [1.82, 2.24) is 0 Å². The average molecular weight is 323 g/mol. The maximum Gasteiger partial charge on any atom is 0.153 e. The maximum absolute atomic E-state index is 11.3. The van der Waals surface area contributed by atoms with Crippen LogP contribution in [0.5, 0.6) is 0 Å². The van der Waals surface area contributed by atoms with Gasteiger partial charge in [-0.25, -0.2) is 0 Å². The van der Waals surface area contributed by atoms with Gasteiger partial charge in [-0.2, -0.15) is 0 Å². The number of allylic oxidation sites excluding steroid dienone is 1. The van der Waals surface area contributed by atoms with Gasteiger partial charge in [0.25, 0.3) is 0 Å². The van der Waals surface area contributed by atoms with Crippen LogP contribution in [-0.4, -0.2) is 5.78 Å². The van der Waals surface area contributed by atoms with Crippen molar-refractivity contribution < 1.29 is 24.3 Å². The van der Waals surface area contributed by atoms with E-state index in [1.54, 1.807) is 13.0 Å². The van der Waals surface area contributed by atoms with Crippen molar-refractivity contribution in [2.75, 3.05) is 0 Å². The molecule has 2 rings (SSSR count). The molecule has 0 atom stereocenters. The monoisotopic (exact) mass is 324 g/mol. The molecule has 0 aliphatic heterocycles. The number of ketones is 1. The van der Waals surface area contributed by atoms with Crippen LogP contribution in [0.2, 0.25) is 0 Å². The van der Waals surface area contributed by atoms with E-state index in [9.17, 15) is 4.79 Å². The summed E-state index contributed by atoms with van der Waals surface area (Å²) < 4.78 is 0. The minimum absolute atomic E-state index is 0. The van der Waals surface area contributed by atoms with Crippen molar-refractivity contribution in [3.05, 3.63) is 77.9 Å². The van der Waals surface area contributed by atoms with Gasteiger partial charge in [0.2, 0.25) is 0 Å². The van der Waals surface area contributed by atoms with Crippen LogP contribution in [0, 0.1) is 0 Å². The molecule has 2 heteroatoms. The largest absolute Gasteiger partial charge is 0.295 e. The number of rotatable bonds is 3. The van der Waals surface area contributed by atoms with Gasteiger partial charge in [-0.1, -0.05) is 60.7 Å². The molecule has 0 aliphatic carbocycles. The summed E-state index contributed by atoms with van der Waals surface area (Å²) in [6.07, 6.45) is 1.69. The van der Waals surface area contributed by atoms with Gasteiger partial charge in [-0.05, 0) is 29.7 Å². The van der Waals surface area contributed by atoms with E-state index in [0.717, 1.165) is 16.7 Å². The molecule has 0 saturated carbocycles. The number of benzene rings is 2. The second-order valence-electron chi connectivity index (χ2n) is 3.90. The quantitative estimate of drug-likeness (QED) is 0.622. The van der Waals surface area contributed by atoms with Crippen LogP contribution in [0.4, 0.5) is 0 Å². The van der Waals surface area contributed by atoms with Crippen LogP contribution in [0.15, 0.2) is 66.7 Å². The molecule has 0 saturated heterocycles. The van der Waals surface area contributed by atoms with Gasteiger partial charge in [0.15, 0.2) is 5.78 Å². The maximum atomic E-state index is 11.3. The van der Waals surface area contributed by atoms with E-state index in [-0.39, 0.29) is 25.3 Å². The smallest absolute Gasteiger partial charge is 0.153 e. The first kappa shape index (κ1) is 14.5. The van der Waals surface area contributed by atoms with Crippen molar-refractivity contribution in [2.24, 2.45) is 0 Å². The van der Waals surface area contributed by atoms with Gasteiger partial charge in [0.1, 0.15) is 0 Å². The molecular weight excluding hydrogens is 309 g/mol. The molecule has 0 N–H and O–H groups in total. The third-order valence-electron chi connectivity index (χ3n) is 2.52. The fourth-order valence-corrected chi connectivity index (χ4v) is 1.77. The van der Waals surface area contributed by atoms with Gasteiger partial charge >= 0.3 is 0 Å². The first-order chi connectivity index (χ1) is 8.27. The fourth-order valence-electron chi connectivity index (χ4n) is 1.77. The van der Waals surface area contributed by atoms with Crippen LogP contribution in [0.1, 0.15) is 18.1 Å². The molecule has 0 fully saturated rings. The van der Waals surface area contributed by atoms with Crippen LogP contribution in [-0.2, 0) is 24.3 Å². The van der Waals surface area contributed by atoms with Crippen molar-refractivity contribution in [3.8, 4) is 0 Å². The number of hydrogen-bond donors (Lipinski definition) is 0. The third-order valence-corrected chi connectivity index (χ3v) is 2.52. The van der Waals surface area contributed by atoms with Gasteiger partial charge in [0, 0.05) is 19.5 Å². The van der Waals surface area contributed by atoms with Gasteiger partial charge in [0.05, 0.1) is 0 Å². The molecule has 0 heterocycles. The van der Waals surface area contributed by atoms with Crippen LogP contribution in [0.3, 0.4) is 0 Å². The van der Waals surface area contributed by atoms with E-state index in [1.807, 2.05) is 60.7 Å². The molecule has 2 aromatic carbocycles. The van der Waals surface area contributed by atoms with Gasteiger partial charge < -0.3 is 0 Å². The molecule has 2 aromatic rings. The Morgan fingerprint density at radius 1 is 0.833 bits per heavy atom. The molecular formula is C16H14ORu. The Hall–Kier alpha value is -1.53. The number of carbonyl (C=O) groups is 1. The summed E-state index contributed by atoms with van der Waals surface area (Å²) in [4.78, 5) is 11.3. The van der Waals surface area contributed by atoms with E-state index in [1.165, 1.54) is 0 Å². The topological polar surface area (TPSA) is 17.1 Å². The zero-order valence-electron chi connectivity index (χ0n) is 10.1. The van der Waals surface area contributed by atoms with Crippen molar-refractivity contribution in [2.45, 2.75) is 6.92 Å². The standard InChI is InChI=1S/C16H14O.Ru/c1-13(17)12-16(14-8-4-2-5-9-14)15-10-6-3-7-11-15;/h2-12H,1H3;. The van der Waals surface area contributed by atoms with E-state index in [4.69, 9.17) is 0 Å². The Labute approximate surface area is 120 Å². The Kier molecular flexibility index (Phi) is 5.68. The summed E-state index contributed by atoms with van der Waals surface area (Å²) in [5.74, 6) is 0.0627. The Morgan fingerprint density at radius 3 is 1.56 bits per heavy atom. The molecule has 0 aliphatic rings. The second kappa shape index (κ2) is 7.03. The summed E-state index contributed by atoms with van der Waals surface area (Å²) in [5.41, 5.74) is 3.10. The SMILES string of the molecule is CC(=O)C=C(c1ccccc1)c1ccccc1.[Ru]. The molecule has 0 radical (unpaired) electrons. The van der Waals surface area contributed by atoms with E-state index >= 15 is 0 Å². The number of carbonyl (C=O) groups excluding carboxylic acids is 1. The second-order valence-corrected chi connectivity index (χ2v) is 3.90. The summed E-state index contributed by atoms with van der Waals surface area (Å²) in [5, 5.41) is 0. The minimum atomic E-state index is 0. The molecule has 92 valence electrons. The average Bonchev–Trinajstić information content (AvgIpc) is 2.38. The molecule has 1 nitrogen and oxygen atoms in total. The fraction of sp³-hybridized carbons (Fsp3) is 0.0625. The van der Waals surface area contributed by atoms with Gasteiger partial charge in [-0.3, -0.25) is 4.79 Å². The third kappa shape index (κ3) is 3.75. The predicted molar refractivity (Wildman–Crippen MR) is 70.6 cm³/mol. The Balaban J connectivity index is 0.00000162. The van der Waals surface area contributed by atoms with Crippen molar-refractivity contribution in [3.63, 3.8) is 0 Å². The molecule has 0 spiro atoms. The van der Waals surface area contributed by atoms with Crippen molar-refractivity contribution >= 4 is 11.4 Å². The molecule has 0 amide bonds. The summed E-state index contributed by atoms with van der Waals surface area (Å²) in [7, 11) is 0. The predicted octanol–water partition coefficient (Wildman–Crippen LogP) is 3.70. The molecule has 0 bridgehead atoms. The Morgan fingerprint density at radius 2 is 1.22 bits per heavy atom. The summed E-state index contributed by atoms with van der Waals surface area (Å²) >= 11 is 0. The van der Waals surface area contributed by atoms with Crippen LogP contribution >= 0.6 is 0 Å². The summed E-state index contributed by atoms with van der Waals surface area (Å²) in [6.45, 7) is 1.58. The van der Waals surface area contributed by atoms with Crippen LogP contribution < -0.4 is 0 Å². The molecule has 18 heavy (non-hydrogen) atoms. The first-order valence-electron chi connectivity index (χ1n) is 5.60. The molecule has 0 aromatic heterocycles. The van der Waals surface area contributed by atoms with E-state index in [2.05, 4.69) is 0 Å². The normalized spacial score (nSPS) is 9.17. The molecule has 0 unspecified atom stereocenters. The van der Waals surface area contributed by atoms with E-state index < -0.39 is 0 Å². The van der Waals surface area contributed by atoms with Crippen LogP contribution in [0.25, 0.3) is 5.57 Å². The zero-order chi connectivity index (χ0) is 12.1. The first-order valence-corrected chi connectivity index (χ1v) is 5.60. The van der Waals surface area contributed by atoms with Crippen molar-refractivity contribution in [1.29, 1.82) is 0 Å². The van der Waals surface area contributed by atoms with Gasteiger partial charge in [-0.15, -0.1) is 0 Å². The minimum Gasteiger partial charge on any atom is -0.295 e.